The van der Waals surface area contributed by atoms with Crippen molar-refractivity contribution in [2.24, 2.45) is 0 Å². The maximum absolute atomic E-state index is 13.0. The Kier molecular flexibility index (Phi) is 6.61. The smallest absolute Gasteiger partial charge is 0.376 e. The number of nitrogens with zero attached hydrogens (tertiary/aromatic N) is 3. The molecule has 0 radical (unpaired) electrons. The molecular formula is C15H24F3N5O. The topological polar surface area (TPSA) is 62.3 Å². The minimum atomic E-state index is -4.51. The largest absolute Gasteiger partial charge is 0.433 e. The highest BCUT2D eigenvalue weighted by Crippen LogP contribution is 2.29. The molecule has 0 unspecified atom stereocenters. The standard InChI is InChI=1S/C15H24F3N5O/c1-23(2)7-4-6-19-14-21-12(15(16,17)18)9-13(22-14)20-10-11-5-3-8-24-11/h9,11H,3-8,10H2,1-2H3,(H2,19,20,21,22)/t11-/m1/s1. The average molecular weight is 347 g/mol. The van der Waals surface area contributed by atoms with Crippen LogP contribution in [0.15, 0.2) is 6.07 Å². The van der Waals surface area contributed by atoms with Gasteiger partial charge in [-0.1, -0.05) is 0 Å². The number of hydrogen-bond acceptors (Lipinski definition) is 6. The molecule has 0 saturated carbocycles. The molecule has 1 fully saturated rings. The van der Waals surface area contributed by atoms with E-state index in [0.717, 1.165) is 31.9 Å². The molecule has 1 aromatic rings. The average Bonchev–Trinajstić information content (AvgIpc) is 3.02. The molecule has 0 spiro atoms. The molecule has 1 atom stereocenters. The quantitative estimate of drug-likeness (QED) is 0.705. The van der Waals surface area contributed by atoms with Gasteiger partial charge in [0, 0.05) is 25.8 Å². The summed E-state index contributed by atoms with van der Waals surface area (Å²) in [7, 11) is 3.88. The maximum Gasteiger partial charge on any atom is 0.433 e. The van der Waals surface area contributed by atoms with Crippen molar-refractivity contribution < 1.29 is 17.9 Å². The monoisotopic (exact) mass is 347 g/mol. The van der Waals surface area contributed by atoms with E-state index >= 15 is 0 Å². The van der Waals surface area contributed by atoms with Gasteiger partial charge in [0.25, 0.3) is 0 Å². The van der Waals surface area contributed by atoms with Gasteiger partial charge in [0.2, 0.25) is 5.95 Å². The number of nitrogens with one attached hydrogen (secondary N) is 2. The summed E-state index contributed by atoms with van der Waals surface area (Å²) in [6.07, 6.45) is -1.83. The summed E-state index contributed by atoms with van der Waals surface area (Å²) in [5.41, 5.74) is -0.956. The van der Waals surface area contributed by atoms with Crippen molar-refractivity contribution in [3.8, 4) is 0 Å². The van der Waals surface area contributed by atoms with Crippen molar-refractivity contribution >= 4 is 11.8 Å². The fourth-order valence-electron chi connectivity index (χ4n) is 2.38. The normalized spacial score (nSPS) is 18.2. The molecule has 0 aliphatic carbocycles. The van der Waals surface area contributed by atoms with E-state index in [4.69, 9.17) is 4.74 Å². The molecule has 0 amide bonds. The van der Waals surface area contributed by atoms with Gasteiger partial charge in [-0.25, -0.2) is 4.98 Å². The van der Waals surface area contributed by atoms with Crippen LogP contribution in [0.5, 0.6) is 0 Å². The lowest BCUT2D eigenvalue weighted by atomic mass is 10.2. The second kappa shape index (κ2) is 8.48. The van der Waals surface area contributed by atoms with Crippen LogP contribution in [0.3, 0.4) is 0 Å². The lowest BCUT2D eigenvalue weighted by molar-refractivity contribution is -0.141. The molecule has 9 heteroatoms. The van der Waals surface area contributed by atoms with E-state index in [9.17, 15) is 13.2 Å². The Morgan fingerprint density at radius 3 is 2.71 bits per heavy atom. The van der Waals surface area contributed by atoms with Gasteiger partial charge >= 0.3 is 6.18 Å². The summed E-state index contributed by atoms with van der Waals surface area (Å²) in [6, 6.07) is 0.931. The van der Waals surface area contributed by atoms with Gasteiger partial charge in [0.15, 0.2) is 5.69 Å². The van der Waals surface area contributed by atoms with Crippen LogP contribution in [0, 0.1) is 0 Å². The van der Waals surface area contributed by atoms with Crippen LogP contribution in [0.25, 0.3) is 0 Å². The lowest BCUT2D eigenvalue weighted by Gasteiger charge is -2.15. The number of rotatable bonds is 8. The first-order valence-corrected chi connectivity index (χ1v) is 8.05. The second-order valence-electron chi connectivity index (χ2n) is 6.06. The zero-order chi connectivity index (χ0) is 17.6. The third-order valence-corrected chi connectivity index (χ3v) is 3.62. The van der Waals surface area contributed by atoms with Crippen molar-refractivity contribution in [3.63, 3.8) is 0 Å². The Morgan fingerprint density at radius 2 is 2.08 bits per heavy atom. The Hall–Kier alpha value is -1.61. The summed E-state index contributed by atoms with van der Waals surface area (Å²) < 4.78 is 44.5. The van der Waals surface area contributed by atoms with Gasteiger partial charge in [-0.15, -0.1) is 0 Å². The van der Waals surface area contributed by atoms with Crippen molar-refractivity contribution in [2.45, 2.75) is 31.5 Å². The first-order chi connectivity index (χ1) is 11.3. The van der Waals surface area contributed by atoms with E-state index in [1.54, 1.807) is 0 Å². The van der Waals surface area contributed by atoms with E-state index in [0.29, 0.717) is 19.7 Å². The SMILES string of the molecule is CN(C)CCCNc1nc(NC[C@H]2CCCO2)cc(C(F)(F)F)n1. The minimum absolute atomic E-state index is 0.0154. The van der Waals surface area contributed by atoms with Crippen LogP contribution in [0.4, 0.5) is 24.9 Å². The fraction of sp³-hybridized carbons (Fsp3) is 0.733. The molecule has 136 valence electrons. The Labute approximate surface area is 139 Å². The molecule has 2 heterocycles. The summed E-state index contributed by atoms with van der Waals surface area (Å²) in [4.78, 5) is 9.69. The molecular weight excluding hydrogens is 323 g/mol. The van der Waals surface area contributed by atoms with Crippen LogP contribution in [-0.4, -0.2) is 61.3 Å². The van der Waals surface area contributed by atoms with E-state index in [1.807, 2.05) is 19.0 Å². The number of hydrogen-bond donors (Lipinski definition) is 2. The highest BCUT2D eigenvalue weighted by atomic mass is 19.4. The Balaban J connectivity index is 2.00. The third-order valence-electron chi connectivity index (χ3n) is 3.62. The molecule has 0 bridgehead atoms. The molecule has 0 aromatic carbocycles. The van der Waals surface area contributed by atoms with Gasteiger partial charge in [-0.05, 0) is 39.9 Å². The number of ether oxygens (including phenoxy) is 1. The fourth-order valence-corrected chi connectivity index (χ4v) is 2.38. The van der Waals surface area contributed by atoms with Crippen LogP contribution in [0.2, 0.25) is 0 Å². The number of anilines is 2. The van der Waals surface area contributed by atoms with Gasteiger partial charge in [-0.2, -0.15) is 18.2 Å². The van der Waals surface area contributed by atoms with Gasteiger partial charge in [0.05, 0.1) is 6.10 Å². The first-order valence-electron chi connectivity index (χ1n) is 8.05. The van der Waals surface area contributed by atoms with Crippen LogP contribution in [-0.2, 0) is 10.9 Å². The number of alkyl halides is 3. The Morgan fingerprint density at radius 1 is 1.29 bits per heavy atom. The number of aromatic nitrogens is 2. The summed E-state index contributed by atoms with van der Waals surface area (Å²) in [5.74, 6) is 0.140. The first kappa shape index (κ1) is 18.7. The van der Waals surface area contributed by atoms with Gasteiger partial charge in [0.1, 0.15) is 5.82 Å². The van der Waals surface area contributed by atoms with E-state index in [1.165, 1.54) is 0 Å². The molecule has 1 aromatic heterocycles. The predicted molar refractivity (Wildman–Crippen MR) is 86.2 cm³/mol. The molecule has 24 heavy (non-hydrogen) atoms. The Bertz CT molecular complexity index is 518. The molecule has 6 nitrogen and oxygen atoms in total. The van der Waals surface area contributed by atoms with E-state index in [-0.39, 0.29) is 17.9 Å². The third kappa shape index (κ3) is 6.12. The van der Waals surface area contributed by atoms with Crippen molar-refractivity contribution in [2.75, 3.05) is 51.0 Å². The van der Waals surface area contributed by atoms with Gasteiger partial charge in [-0.3, -0.25) is 0 Å². The minimum Gasteiger partial charge on any atom is -0.376 e. The summed E-state index contributed by atoms with van der Waals surface area (Å²) >= 11 is 0. The van der Waals surface area contributed by atoms with Crippen LogP contribution < -0.4 is 10.6 Å². The van der Waals surface area contributed by atoms with Crippen LogP contribution in [0.1, 0.15) is 25.0 Å². The van der Waals surface area contributed by atoms with E-state index in [2.05, 4.69) is 20.6 Å². The summed E-state index contributed by atoms with van der Waals surface area (Å²) in [6.45, 7) is 2.47. The van der Waals surface area contributed by atoms with Crippen molar-refractivity contribution in [1.82, 2.24) is 14.9 Å². The zero-order valence-corrected chi connectivity index (χ0v) is 14.0. The lowest BCUT2D eigenvalue weighted by Crippen LogP contribution is -2.21. The van der Waals surface area contributed by atoms with Crippen LogP contribution >= 0.6 is 0 Å². The zero-order valence-electron chi connectivity index (χ0n) is 14.0. The van der Waals surface area contributed by atoms with Crippen molar-refractivity contribution in [1.29, 1.82) is 0 Å². The highest BCUT2D eigenvalue weighted by molar-refractivity contribution is 5.43. The molecule has 1 aliphatic rings. The predicted octanol–water partition coefficient (Wildman–Crippen LogP) is 2.45. The molecule has 1 saturated heterocycles. The van der Waals surface area contributed by atoms with E-state index < -0.39 is 11.9 Å². The molecule has 2 N–H and O–H groups in total. The van der Waals surface area contributed by atoms with Gasteiger partial charge < -0.3 is 20.3 Å². The summed E-state index contributed by atoms with van der Waals surface area (Å²) in [5, 5.41) is 5.78. The van der Waals surface area contributed by atoms with Crippen molar-refractivity contribution in [3.05, 3.63) is 11.8 Å². The molecule has 2 rings (SSSR count). The molecule has 1 aliphatic heterocycles. The highest BCUT2D eigenvalue weighted by Gasteiger charge is 2.33. The number of halogens is 3. The maximum atomic E-state index is 13.0. The second-order valence-corrected chi connectivity index (χ2v) is 6.06.